The molecule has 3 saturated carbocycles. The van der Waals surface area contributed by atoms with Crippen LogP contribution in [0.25, 0.3) is 0 Å². The third-order valence-electron chi connectivity index (χ3n) is 6.36. The van der Waals surface area contributed by atoms with E-state index in [9.17, 15) is 9.90 Å². The molecule has 0 bridgehead atoms. The second-order valence-electron chi connectivity index (χ2n) is 7.53. The lowest BCUT2D eigenvalue weighted by atomic mass is 9.71. The first-order valence-corrected chi connectivity index (χ1v) is 8.65. The van der Waals surface area contributed by atoms with Crippen LogP contribution >= 0.6 is 0 Å². The molecule has 0 aromatic rings. The normalized spacial score (nSPS) is 33.8. The van der Waals surface area contributed by atoms with Gasteiger partial charge in [-0.2, -0.15) is 0 Å². The number of carboxylic acid groups (broad SMARTS) is 1. The molecule has 3 heteroatoms. The average Bonchev–Trinajstić information content (AvgIpc) is 3.08. The number of hydrogen-bond donors (Lipinski definition) is 2. The van der Waals surface area contributed by atoms with Crippen molar-refractivity contribution in [3.63, 3.8) is 0 Å². The number of rotatable bonds is 4. The standard InChI is InChI=1S/C17H29NO2/c19-16(20)15-5-3-4-13(15)12-18-14-6-10-17(11-7-14)8-1-2-9-17/h13-15,18H,1-12H2,(H,19,20). The second-order valence-corrected chi connectivity index (χ2v) is 7.53. The lowest BCUT2D eigenvalue weighted by Crippen LogP contribution is -2.40. The molecule has 114 valence electrons. The molecule has 0 radical (unpaired) electrons. The van der Waals surface area contributed by atoms with Crippen LogP contribution in [0.2, 0.25) is 0 Å². The van der Waals surface area contributed by atoms with E-state index in [1.54, 1.807) is 0 Å². The van der Waals surface area contributed by atoms with Crippen molar-refractivity contribution in [2.45, 2.75) is 76.7 Å². The Labute approximate surface area is 122 Å². The van der Waals surface area contributed by atoms with Crippen molar-refractivity contribution in [3.05, 3.63) is 0 Å². The van der Waals surface area contributed by atoms with Crippen molar-refractivity contribution in [2.24, 2.45) is 17.3 Å². The quantitative estimate of drug-likeness (QED) is 0.827. The highest BCUT2D eigenvalue weighted by molar-refractivity contribution is 5.70. The molecule has 3 aliphatic carbocycles. The molecule has 2 unspecified atom stereocenters. The Morgan fingerprint density at radius 3 is 2.35 bits per heavy atom. The van der Waals surface area contributed by atoms with Crippen LogP contribution in [0.1, 0.15) is 70.6 Å². The molecule has 0 saturated heterocycles. The summed E-state index contributed by atoms with van der Waals surface area (Å²) in [4.78, 5) is 11.2. The van der Waals surface area contributed by atoms with E-state index in [1.807, 2.05) is 0 Å². The van der Waals surface area contributed by atoms with Gasteiger partial charge in [-0.25, -0.2) is 0 Å². The Balaban J connectivity index is 1.42. The molecule has 3 aliphatic rings. The Morgan fingerprint density at radius 1 is 1.00 bits per heavy atom. The molecule has 0 amide bonds. The van der Waals surface area contributed by atoms with Crippen LogP contribution in [-0.2, 0) is 4.79 Å². The van der Waals surface area contributed by atoms with Gasteiger partial charge in [0.15, 0.2) is 0 Å². The molecule has 2 N–H and O–H groups in total. The number of hydrogen-bond acceptors (Lipinski definition) is 2. The fourth-order valence-electron chi connectivity index (χ4n) is 4.98. The first-order chi connectivity index (χ1) is 9.69. The predicted octanol–water partition coefficient (Wildman–Crippen LogP) is 3.58. The molecule has 0 aliphatic heterocycles. The highest BCUT2D eigenvalue weighted by Crippen LogP contribution is 2.48. The molecular formula is C17H29NO2. The number of carbonyl (C=O) groups is 1. The summed E-state index contributed by atoms with van der Waals surface area (Å²) in [6.07, 6.45) is 14.3. The average molecular weight is 279 g/mol. The van der Waals surface area contributed by atoms with E-state index in [4.69, 9.17) is 0 Å². The van der Waals surface area contributed by atoms with Gasteiger partial charge in [0.2, 0.25) is 0 Å². The van der Waals surface area contributed by atoms with Gasteiger partial charge in [0.25, 0.3) is 0 Å². The van der Waals surface area contributed by atoms with Gasteiger partial charge in [0.05, 0.1) is 5.92 Å². The van der Waals surface area contributed by atoms with Gasteiger partial charge in [-0.3, -0.25) is 4.79 Å². The molecule has 3 fully saturated rings. The van der Waals surface area contributed by atoms with Gasteiger partial charge < -0.3 is 10.4 Å². The van der Waals surface area contributed by atoms with Crippen LogP contribution in [0.3, 0.4) is 0 Å². The number of carboxylic acids is 1. The summed E-state index contributed by atoms with van der Waals surface area (Å²) in [5, 5.41) is 12.9. The Kier molecular flexibility index (Phi) is 4.34. The highest BCUT2D eigenvalue weighted by Gasteiger charge is 2.38. The SMILES string of the molecule is O=C(O)C1CCCC1CNC1CCC2(CCCC2)CC1. The minimum atomic E-state index is -0.581. The van der Waals surface area contributed by atoms with Crippen molar-refractivity contribution in [3.8, 4) is 0 Å². The predicted molar refractivity (Wildman–Crippen MR) is 79.6 cm³/mol. The summed E-state index contributed by atoms with van der Waals surface area (Å²) in [7, 11) is 0. The van der Waals surface area contributed by atoms with Crippen LogP contribution in [0.15, 0.2) is 0 Å². The third-order valence-corrected chi connectivity index (χ3v) is 6.36. The van der Waals surface area contributed by atoms with Gasteiger partial charge in [-0.1, -0.05) is 19.3 Å². The van der Waals surface area contributed by atoms with Crippen molar-refractivity contribution >= 4 is 5.97 Å². The van der Waals surface area contributed by atoms with Gasteiger partial charge in [-0.15, -0.1) is 0 Å². The monoisotopic (exact) mass is 279 g/mol. The summed E-state index contributed by atoms with van der Waals surface area (Å²) in [6, 6.07) is 0.649. The van der Waals surface area contributed by atoms with Gasteiger partial charge >= 0.3 is 5.97 Å². The maximum absolute atomic E-state index is 11.2. The third kappa shape index (κ3) is 3.03. The number of aliphatic carboxylic acids is 1. The lowest BCUT2D eigenvalue weighted by molar-refractivity contribution is -0.142. The molecule has 3 nitrogen and oxygen atoms in total. The van der Waals surface area contributed by atoms with E-state index in [-0.39, 0.29) is 5.92 Å². The topological polar surface area (TPSA) is 49.3 Å². The molecule has 0 aromatic heterocycles. The molecule has 0 aromatic carbocycles. The van der Waals surface area contributed by atoms with Crippen LogP contribution in [0.4, 0.5) is 0 Å². The molecule has 1 spiro atoms. The van der Waals surface area contributed by atoms with Crippen LogP contribution in [0, 0.1) is 17.3 Å². The van der Waals surface area contributed by atoms with Crippen molar-refractivity contribution in [2.75, 3.05) is 6.54 Å². The van der Waals surface area contributed by atoms with Crippen molar-refractivity contribution in [1.29, 1.82) is 0 Å². The van der Waals surface area contributed by atoms with E-state index in [2.05, 4.69) is 5.32 Å². The summed E-state index contributed by atoms with van der Waals surface area (Å²) < 4.78 is 0. The first kappa shape index (κ1) is 14.4. The fourth-order valence-corrected chi connectivity index (χ4v) is 4.98. The smallest absolute Gasteiger partial charge is 0.306 e. The van der Waals surface area contributed by atoms with Crippen molar-refractivity contribution in [1.82, 2.24) is 5.32 Å². The lowest BCUT2D eigenvalue weighted by Gasteiger charge is -2.38. The van der Waals surface area contributed by atoms with Gasteiger partial charge in [-0.05, 0) is 69.2 Å². The summed E-state index contributed by atoms with van der Waals surface area (Å²) in [5.74, 6) is -0.301. The summed E-state index contributed by atoms with van der Waals surface area (Å²) >= 11 is 0. The van der Waals surface area contributed by atoms with E-state index >= 15 is 0 Å². The van der Waals surface area contributed by atoms with E-state index < -0.39 is 5.97 Å². The Hall–Kier alpha value is -0.570. The second kappa shape index (κ2) is 6.05. The Bertz CT molecular complexity index is 339. The largest absolute Gasteiger partial charge is 0.481 e. The Morgan fingerprint density at radius 2 is 1.70 bits per heavy atom. The highest BCUT2D eigenvalue weighted by atomic mass is 16.4. The van der Waals surface area contributed by atoms with E-state index in [0.29, 0.717) is 17.4 Å². The fraction of sp³-hybridized carbons (Fsp3) is 0.941. The van der Waals surface area contributed by atoms with Crippen LogP contribution in [0.5, 0.6) is 0 Å². The zero-order valence-electron chi connectivity index (χ0n) is 12.6. The maximum atomic E-state index is 11.2. The molecule has 0 heterocycles. The molecule has 2 atom stereocenters. The summed E-state index contributed by atoms with van der Waals surface area (Å²) in [5.41, 5.74) is 0.704. The van der Waals surface area contributed by atoms with Crippen LogP contribution in [-0.4, -0.2) is 23.7 Å². The first-order valence-electron chi connectivity index (χ1n) is 8.65. The zero-order valence-corrected chi connectivity index (χ0v) is 12.6. The number of nitrogens with one attached hydrogen (secondary N) is 1. The van der Waals surface area contributed by atoms with E-state index in [1.165, 1.54) is 51.4 Å². The zero-order chi connectivity index (χ0) is 14.0. The minimum Gasteiger partial charge on any atom is -0.481 e. The van der Waals surface area contributed by atoms with Crippen LogP contribution < -0.4 is 5.32 Å². The minimum absolute atomic E-state index is 0.0905. The van der Waals surface area contributed by atoms with E-state index in [0.717, 1.165) is 25.8 Å². The van der Waals surface area contributed by atoms with Gasteiger partial charge in [0, 0.05) is 6.04 Å². The van der Waals surface area contributed by atoms with Gasteiger partial charge in [0.1, 0.15) is 0 Å². The molecule has 20 heavy (non-hydrogen) atoms. The molecule has 3 rings (SSSR count). The molecular weight excluding hydrogens is 250 g/mol. The summed E-state index contributed by atoms with van der Waals surface area (Å²) in [6.45, 7) is 0.925. The van der Waals surface area contributed by atoms with Crippen molar-refractivity contribution < 1.29 is 9.90 Å². The maximum Gasteiger partial charge on any atom is 0.306 e.